The van der Waals surface area contributed by atoms with Gasteiger partial charge in [-0.2, -0.15) is 0 Å². The van der Waals surface area contributed by atoms with Gasteiger partial charge in [0.05, 0.1) is 0 Å². The smallest absolute Gasteiger partial charge is 0.0412 e. The third-order valence-electron chi connectivity index (χ3n) is 5.57. The molecule has 0 aromatic carbocycles. The molecule has 0 heterocycles. The predicted molar refractivity (Wildman–Crippen MR) is 92.1 cm³/mol. The molecule has 2 atom stereocenters. The lowest BCUT2D eigenvalue weighted by Crippen LogP contribution is -2.12. The van der Waals surface area contributed by atoms with Crippen molar-refractivity contribution in [3.63, 3.8) is 0 Å². The summed E-state index contributed by atoms with van der Waals surface area (Å²) in [6.07, 6.45) is 17.7. The zero-order valence-electron chi connectivity index (χ0n) is 14.8. The molecule has 120 valence electrons. The molecule has 0 aliphatic heterocycles. The average molecular weight is 281 g/mol. The van der Waals surface area contributed by atoms with Crippen LogP contribution in [0.4, 0.5) is 0 Å². The van der Waals surface area contributed by atoms with Crippen LogP contribution in [-0.2, 0) is 0 Å². The molecule has 0 saturated heterocycles. The predicted octanol–water partition coefficient (Wildman–Crippen LogP) is 7.23. The van der Waals surface area contributed by atoms with Crippen LogP contribution in [0.15, 0.2) is 0 Å². The Bertz CT molecular complexity index is 210. The van der Waals surface area contributed by atoms with Crippen molar-refractivity contribution in [1.29, 1.82) is 0 Å². The molecule has 2 saturated carbocycles. The Hall–Kier alpha value is 0. The summed E-state index contributed by atoms with van der Waals surface area (Å²) in [6, 6.07) is 0. The van der Waals surface area contributed by atoms with Crippen LogP contribution in [0, 0.1) is 23.7 Å². The molecule has 2 unspecified atom stereocenters. The quantitative estimate of drug-likeness (QED) is 0.509. The van der Waals surface area contributed by atoms with Gasteiger partial charge in [-0.1, -0.05) is 98.3 Å². The van der Waals surface area contributed by atoms with E-state index in [1.807, 2.05) is 0 Å². The van der Waals surface area contributed by atoms with Crippen molar-refractivity contribution in [2.24, 2.45) is 23.7 Å². The van der Waals surface area contributed by atoms with Crippen LogP contribution in [0.5, 0.6) is 0 Å². The first-order valence-electron chi connectivity index (χ1n) is 9.65. The maximum atomic E-state index is 2.40. The zero-order chi connectivity index (χ0) is 14.8. The largest absolute Gasteiger partial charge is 0.0654 e. The van der Waals surface area contributed by atoms with Gasteiger partial charge in [-0.25, -0.2) is 0 Å². The Morgan fingerprint density at radius 3 is 1.80 bits per heavy atom. The van der Waals surface area contributed by atoms with Gasteiger partial charge in [0.15, 0.2) is 0 Å². The first-order valence-corrected chi connectivity index (χ1v) is 9.65. The van der Waals surface area contributed by atoms with E-state index >= 15 is 0 Å². The molecule has 0 radical (unpaired) electrons. The molecule has 0 heteroatoms. The standard InChI is InChI=1S/2C10H20/c1-3-5-10-7-4-6-9(2)8-10;1-3-4-10-7-5-9(2)6-8-10/h2*9-10H,3-8H2,1-2H3. The topological polar surface area (TPSA) is 0 Å². The molecule has 2 aliphatic rings. The van der Waals surface area contributed by atoms with E-state index < -0.39 is 0 Å². The first kappa shape index (κ1) is 18.1. The van der Waals surface area contributed by atoms with Crippen LogP contribution in [-0.4, -0.2) is 0 Å². The van der Waals surface area contributed by atoms with Crippen molar-refractivity contribution >= 4 is 0 Å². The minimum Gasteiger partial charge on any atom is -0.0654 e. The average Bonchev–Trinajstić information content (AvgIpc) is 2.43. The maximum absolute atomic E-state index is 2.40. The van der Waals surface area contributed by atoms with E-state index in [1.165, 1.54) is 77.0 Å². The fourth-order valence-electron chi connectivity index (χ4n) is 4.26. The van der Waals surface area contributed by atoms with Crippen LogP contribution in [0.3, 0.4) is 0 Å². The van der Waals surface area contributed by atoms with Crippen molar-refractivity contribution < 1.29 is 0 Å². The Balaban J connectivity index is 0.000000200. The van der Waals surface area contributed by atoms with Gasteiger partial charge in [-0.05, 0) is 30.1 Å². The van der Waals surface area contributed by atoms with Crippen LogP contribution in [0.1, 0.15) is 105 Å². The van der Waals surface area contributed by atoms with Gasteiger partial charge in [0.2, 0.25) is 0 Å². The van der Waals surface area contributed by atoms with Gasteiger partial charge in [0, 0.05) is 0 Å². The molecule has 2 aliphatic carbocycles. The third-order valence-corrected chi connectivity index (χ3v) is 5.57. The summed E-state index contributed by atoms with van der Waals surface area (Å²) in [5.74, 6) is 4.20. The van der Waals surface area contributed by atoms with E-state index in [1.54, 1.807) is 0 Å². The summed E-state index contributed by atoms with van der Waals surface area (Å²) in [6.45, 7) is 9.40. The normalized spacial score (nSPS) is 34.2. The molecule has 0 nitrogen and oxygen atoms in total. The molecule has 0 aromatic rings. The second-order valence-corrected chi connectivity index (χ2v) is 7.84. The second-order valence-electron chi connectivity index (χ2n) is 7.84. The zero-order valence-corrected chi connectivity index (χ0v) is 14.8. The molecule has 0 aromatic heterocycles. The van der Waals surface area contributed by atoms with E-state index in [2.05, 4.69) is 27.7 Å². The molecule has 0 bridgehead atoms. The van der Waals surface area contributed by atoms with Crippen LogP contribution in [0.25, 0.3) is 0 Å². The lowest BCUT2D eigenvalue weighted by atomic mass is 9.80. The Morgan fingerprint density at radius 2 is 1.25 bits per heavy atom. The highest BCUT2D eigenvalue weighted by molar-refractivity contribution is 4.70. The van der Waals surface area contributed by atoms with E-state index in [0.29, 0.717) is 0 Å². The highest BCUT2D eigenvalue weighted by Crippen LogP contribution is 2.31. The molecule has 0 spiro atoms. The van der Waals surface area contributed by atoms with Gasteiger partial charge >= 0.3 is 0 Å². The lowest BCUT2D eigenvalue weighted by Gasteiger charge is -2.26. The number of rotatable bonds is 4. The first-order chi connectivity index (χ1) is 9.65. The lowest BCUT2D eigenvalue weighted by molar-refractivity contribution is 0.268. The monoisotopic (exact) mass is 280 g/mol. The summed E-state index contributed by atoms with van der Waals surface area (Å²) in [5.41, 5.74) is 0. The summed E-state index contributed by atoms with van der Waals surface area (Å²) in [4.78, 5) is 0. The van der Waals surface area contributed by atoms with Crippen molar-refractivity contribution in [3.8, 4) is 0 Å². The SMILES string of the molecule is CCCC1CCC(C)CC1.CCCC1CCCC(C)C1. The van der Waals surface area contributed by atoms with E-state index in [-0.39, 0.29) is 0 Å². The van der Waals surface area contributed by atoms with Crippen molar-refractivity contribution in [1.82, 2.24) is 0 Å². The number of hydrogen-bond donors (Lipinski definition) is 0. The Morgan fingerprint density at radius 1 is 0.650 bits per heavy atom. The summed E-state index contributed by atoms with van der Waals surface area (Å²) >= 11 is 0. The van der Waals surface area contributed by atoms with Gasteiger partial charge in [-0.3, -0.25) is 0 Å². The summed E-state index contributed by atoms with van der Waals surface area (Å²) < 4.78 is 0. The molecule has 20 heavy (non-hydrogen) atoms. The fraction of sp³-hybridized carbons (Fsp3) is 1.00. The van der Waals surface area contributed by atoms with E-state index in [0.717, 1.165) is 23.7 Å². The summed E-state index contributed by atoms with van der Waals surface area (Å²) in [5, 5.41) is 0. The molecule has 2 fully saturated rings. The van der Waals surface area contributed by atoms with Crippen molar-refractivity contribution in [2.45, 2.75) is 105 Å². The van der Waals surface area contributed by atoms with Crippen LogP contribution >= 0.6 is 0 Å². The van der Waals surface area contributed by atoms with Gasteiger partial charge < -0.3 is 0 Å². The Labute approximate surface area is 129 Å². The minimum absolute atomic E-state index is 1.02. The summed E-state index contributed by atoms with van der Waals surface area (Å²) in [7, 11) is 0. The Kier molecular flexibility index (Phi) is 9.65. The van der Waals surface area contributed by atoms with Crippen LogP contribution < -0.4 is 0 Å². The van der Waals surface area contributed by atoms with Gasteiger partial charge in [-0.15, -0.1) is 0 Å². The van der Waals surface area contributed by atoms with Crippen molar-refractivity contribution in [3.05, 3.63) is 0 Å². The van der Waals surface area contributed by atoms with E-state index in [4.69, 9.17) is 0 Å². The third kappa shape index (κ3) is 7.70. The van der Waals surface area contributed by atoms with E-state index in [9.17, 15) is 0 Å². The van der Waals surface area contributed by atoms with Gasteiger partial charge in [0.25, 0.3) is 0 Å². The maximum Gasteiger partial charge on any atom is -0.0412 e. The molecule has 0 N–H and O–H groups in total. The fourth-order valence-corrected chi connectivity index (χ4v) is 4.26. The second kappa shape index (κ2) is 10.7. The van der Waals surface area contributed by atoms with Crippen molar-refractivity contribution in [2.75, 3.05) is 0 Å². The van der Waals surface area contributed by atoms with Gasteiger partial charge in [0.1, 0.15) is 0 Å². The molecule has 2 rings (SSSR count). The number of hydrogen-bond acceptors (Lipinski definition) is 0. The molecule has 0 amide bonds. The minimum atomic E-state index is 1.02. The van der Waals surface area contributed by atoms with Crippen LogP contribution in [0.2, 0.25) is 0 Å². The molecular weight excluding hydrogens is 240 g/mol. The molecular formula is C20H40. The highest BCUT2D eigenvalue weighted by atomic mass is 14.2. The highest BCUT2D eigenvalue weighted by Gasteiger charge is 2.17.